The molecule has 0 radical (unpaired) electrons. The number of aromatic nitrogens is 1. The molecule has 136 valence electrons. The third-order valence-corrected chi connectivity index (χ3v) is 6.29. The molecular formula is C19H20N2O3S2. The summed E-state index contributed by atoms with van der Waals surface area (Å²) in [6.07, 6.45) is 0. The average molecular weight is 389 g/mol. The number of thioether (sulfide) groups is 1. The summed E-state index contributed by atoms with van der Waals surface area (Å²) in [5.74, 6) is 1.23. The van der Waals surface area contributed by atoms with Crippen molar-refractivity contribution in [1.82, 2.24) is 5.16 Å². The molecule has 26 heavy (non-hydrogen) atoms. The topological polar surface area (TPSA) is 72.2 Å². The molecule has 0 saturated heterocycles. The molecule has 0 unspecified atom stereocenters. The van der Waals surface area contributed by atoms with Gasteiger partial charge in [0.1, 0.15) is 11.4 Å². The van der Waals surface area contributed by atoms with Crippen LogP contribution in [0, 0.1) is 5.92 Å². The van der Waals surface area contributed by atoms with Crippen LogP contribution in [0.4, 0.5) is 5.69 Å². The van der Waals surface area contributed by atoms with Crippen LogP contribution in [0.2, 0.25) is 0 Å². The van der Waals surface area contributed by atoms with E-state index in [2.05, 4.69) is 23.7 Å². The maximum Gasteiger partial charge on any atom is 0.262 e. The van der Waals surface area contributed by atoms with Crippen LogP contribution >= 0.6 is 11.8 Å². The zero-order chi connectivity index (χ0) is 18.6. The minimum atomic E-state index is -3.74. The van der Waals surface area contributed by atoms with Crippen molar-refractivity contribution in [2.24, 2.45) is 5.92 Å². The van der Waals surface area contributed by atoms with E-state index in [-0.39, 0.29) is 4.90 Å². The second kappa shape index (κ2) is 7.97. The maximum atomic E-state index is 12.8. The fourth-order valence-corrected chi connectivity index (χ4v) is 4.31. The van der Waals surface area contributed by atoms with Gasteiger partial charge in [0.25, 0.3) is 10.0 Å². The second-order valence-electron chi connectivity index (χ2n) is 6.18. The quantitative estimate of drug-likeness (QED) is 0.583. The fourth-order valence-electron chi connectivity index (χ4n) is 2.29. The molecule has 0 aliphatic rings. The summed E-state index contributed by atoms with van der Waals surface area (Å²) in [5, 5.41) is 4.59. The van der Waals surface area contributed by atoms with Gasteiger partial charge < -0.3 is 4.52 Å². The number of nitrogens with one attached hydrogen (secondary N) is 1. The lowest BCUT2D eigenvalue weighted by molar-refractivity contribution is 0.352. The highest BCUT2D eigenvalue weighted by atomic mass is 32.2. The van der Waals surface area contributed by atoms with Crippen LogP contribution < -0.4 is 4.72 Å². The Morgan fingerprint density at radius 1 is 1.04 bits per heavy atom. The van der Waals surface area contributed by atoms with Crippen LogP contribution in [-0.2, 0) is 10.0 Å². The number of sulfonamides is 1. The smallest absolute Gasteiger partial charge is 0.262 e. The zero-order valence-corrected chi connectivity index (χ0v) is 16.2. The highest BCUT2D eigenvalue weighted by Crippen LogP contribution is 2.38. The molecule has 0 atom stereocenters. The van der Waals surface area contributed by atoms with Gasteiger partial charge in [-0.15, -0.1) is 0 Å². The Bertz CT molecular complexity index is 953. The van der Waals surface area contributed by atoms with Crippen molar-refractivity contribution >= 4 is 27.5 Å². The van der Waals surface area contributed by atoms with Crippen molar-refractivity contribution in [2.45, 2.75) is 23.8 Å². The van der Waals surface area contributed by atoms with E-state index in [1.165, 1.54) is 11.8 Å². The highest BCUT2D eigenvalue weighted by Gasteiger charge is 2.24. The van der Waals surface area contributed by atoms with E-state index in [0.717, 1.165) is 11.3 Å². The molecule has 0 fully saturated rings. The van der Waals surface area contributed by atoms with Gasteiger partial charge in [0.2, 0.25) is 5.09 Å². The monoisotopic (exact) mass is 388 g/mol. The fraction of sp³-hybridized carbons (Fsp3) is 0.211. The zero-order valence-electron chi connectivity index (χ0n) is 14.5. The summed E-state index contributed by atoms with van der Waals surface area (Å²) >= 11 is 1.45. The molecule has 0 bridgehead atoms. The first-order chi connectivity index (χ1) is 12.5. The second-order valence-corrected chi connectivity index (χ2v) is 8.86. The highest BCUT2D eigenvalue weighted by molar-refractivity contribution is 7.99. The van der Waals surface area contributed by atoms with Gasteiger partial charge >= 0.3 is 0 Å². The molecule has 7 heteroatoms. The third kappa shape index (κ3) is 4.28. The summed E-state index contributed by atoms with van der Waals surface area (Å²) < 4.78 is 33.7. The molecule has 1 N–H and O–H groups in total. The Labute approximate surface area is 157 Å². The Balaban J connectivity index is 2.01. The predicted molar refractivity (Wildman–Crippen MR) is 105 cm³/mol. The Kier molecular flexibility index (Phi) is 5.68. The normalized spacial score (nSPS) is 11.7. The molecule has 0 aliphatic heterocycles. The van der Waals surface area contributed by atoms with Crippen LogP contribution in [0.3, 0.4) is 0 Å². The molecule has 0 saturated carbocycles. The molecule has 5 nitrogen and oxygen atoms in total. The van der Waals surface area contributed by atoms with Gasteiger partial charge in [-0.25, -0.2) is 8.42 Å². The van der Waals surface area contributed by atoms with E-state index >= 15 is 0 Å². The van der Waals surface area contributed by atoms with E-state index in [1.807, 2.05) is 30.3 Å². The Morgan fingerprint density at radius 2 is 1.65 bits per heavy atom. The van der Waals surface area contributed by atoms with Gasteiger partial charge in [-0.3, -0.25) is 4.72 Å². The maximum absolute atomic E-state index is 12.8. The van der Waals surface area contributed by atoms with Crippen molar-refractivity contribution in [1.29, 1.82) is 0 Å². The van der Waals surface area contributed by atoms with Crippen LogP contribution in [0.15, 0.2) is 75.2 Å². The molecule has 0 spiro atoms. The lowest BCUT2D eigenvalue weighted by Crippen LogP contribution is -2.13. The molecule has 2 aromatic carbocycles. The van der Waals surface area contributed by atoms with Crippen LogP contribution in [0.1, 0.15) is 13.8 Å². The van der Waals surface area contributed by atoms with Gasteiger partial charge in [-0.1, -0.05) is 79.3 Å². The Hall–Kier alpha value is -2.25. The molecule has 3 aromatic rings. The summed E-state index contributed by atoms with van der Waals surface area (Å²) in [4.78, 5) is 0.194. The third-order valence-electron chi connectivity index (χ3n) is 3.55. The van der Waals surface area contributed by atoms with Gasteiger partial charge in [0.15, 0.2) is 0 Å². The first-order valence-electron chi connectivity index (χ1n) is 8.23. The molecule has 0 amide bonds. The van der Waals surface area contributed by atoms with Crippen LogP contribution in [0.5, 0.6) is 0 Å². The number of hydrogen-bond donors (Lipinski definition) is 1. The molecular weight excluding hydrogens is 368 g/mol. The van der Waals surface area contributed by atoms with E-state index in [4.69, 9.17) is 4.52 Å². The van der Waals surface area contributed by atoms with Gasteiger partial charge in [-0.2, -0.15) is 0 Å². The minimum absolute atomic E-state index is 0.194. The van der Waals surface area contributed by atoms with E-state index in [0.29, 0.717) is 22.4 Å². The number of anilines is 1. The van der Waals surface area contributed by atoms with Gasteiger partial charge in [0, 0.05) is 11.3 Å². The molecule has 1 aromatic heterocycles. The number of hydrogen-bond acceptors (Lipinski definition) is 5. The minimum Gasteiger partial charge on any atom is -0.347 e. The molecule has 3 rings (SSSR count). The summed E-state index contributed by atoms with van der Waals surface area (Å²) in [6.45, 7) is 4.19. The summed E-state index contributed by atoms with van der Waals surface area (Å²) in [6, 6.07) is 17.6. The first-order valence-corrected chi connectivity index (χ1v) is 10.7. The predicted octanol–water partition coefficient (Wildman–Crippen LogP) is 4.89. The standard InChI is InChI=1S/C19H20N2O3S2/c1-14(2)13-25-19-18(17(20-24-19)15-9-5-3-6-10-15)21-26(22,23)16-11-7-4-8-12-16/h3-12,14,21H,13H2,1-2H3. The average Bonchev–Trinajstić information content (AvgIpc) is 3.03. The van der Waals surface area contributed by atoms with Crippen LogP contribution in [0.25, 0.3) is 11.3 Å². The lowest BCUT2D eigenvalue weighted by Gasteiger charge is -2.10. The molecule has 1 heterocycles. The first kappa shape index (κ1) is 18.5. The van der Waals surface area contributed by atoms with Crippen molar-refractivity contribution in [3.05, 3.63) is 60.7 Å². The Morgan fingerprint density at radius 3 is 2.27 bits per heavy atom. The van der Waals surface area contributed by atoms with Crippen molar-refractivity contribution in [3.63, 3.8) is 0 Å². The lowest BCUT2D eigenvalue weighted by atomic mass is 10.1. The van der Waals surface area contributed by atoms with Gasteiger partial charge in [0.05, 0.1) is 4.90 Å². The van der Waals surface area contributed by atoms with E-state index in [1.54, 1.807) is 30.3 Å². The van der Waals surface area contributed by atoms with Crippen molar-refractivity contribution in [3.8, 4) is 11.3 Å². The molecule has 0 aliphatic carbocycles. The summed E-state index contributed by atoms with van der Waals surface area (Å²) in [5.41, 5.74) is 1.65. The number of nitrogens with zero attached hydrogens (tertiary/aromatic N) is 1. The van der Waals surface area contributed by atoms with E-state index in [9.17, 15) is 8.42 Å². The van der Waals surface area contributed by atoms with Crippen molar-refractivity contribution in [2.75, 3.05) is 10.5 Å². The largest absolute Gasteiger partial charge is 0.347 e. The van der Waals surface area contributed by atoms with Crippen molar-refractivity contribution < 1.29 is 12.9 Å². The number of rotatable bonds is 7. The summed E-state index contributed by atoms with van der Waals surface area (Å²) in [7, 11) is -3.74. The van der Waals surface area contributed by atoms with E-state index < -0.39 is 10.0 Å². The SMILES string of the molecule is CC(C)CSc1onc(-c2ccccc2)c1NS(=O)(=O)c1ccccc1. The van der Waals surface area contributed by atoms with Gasteiger partial charge in [-0.05, 0) is 18.1 Å². The number of benzene rings is 2. The van der Waals surface area contributed by atoms with Crippen LogP contribution in [-0.4, -0.2) is 19.3 Å².